The number of nitrogens with one attached hydrogen (secondary N) is 2. The molecule has 0 saturated carbocycles. The Morgan fingerprint density at radius 2 is 1.90 bits per heavy atom. The maximum Gasteiger partial charge on any atom is 0.231 e. The highest BCUT2D eigenvalue weighted by molar-refractivity contribution is 6.31. The van der Waals surface area contributed by atoms with Gasteiger partial charge in [-0.3, -0.25) is 9.78 Å². The summed E-state index contributed by atoms with van der Waals surface area (Å²) in [6, 6.07) is 14.5. The Bertz CT molecular complexity index is 1260. The summed E-state index contributed by atoms with van der Waals surface area (Å²) >= 11 is 12.2. The number of benzene rings is 2. The number of carbonyl (C=O) groups is 1. The molecule has 0 aliphatic carbocycles. The number of hydrogen-bond acceptors (Lipinski definition) is 6. The highest BCUT2D eigenvalue weighted by Crippen LogP contribution is 2.25. The summed E-state index contributed by atoms with van der Waals surface area (Å²) in [5, 5.41) is 8.53. The normalized spacial score (nSPS) is 10.7. The van der Waals surface area contributed by atoms with Crippen LogP contribution in [0.2, 0.25) is 10.2 Å². The average molecular weight is 454 g/mol. The number of hydrogen-bond donors (Lipinski definition) is 2. The number of pyridine rings is 1. The van der Waals surface area contributed by atoms with Gasteiger partial charge in [0, 0.05) is 33.7 Å². The van der Waals surface area contributed by atoms with Crippen LogP contribution in [0.25, 0.3) is 10.8 Å². The first-order valence-electron chi connectivity index (χ1n) is 9.28. The van der Waals surface area contributed by atoms with Crippen LogP contribution in [0.5, 0.6) is 5.88 Å². The third-order valence-electron chi connectivity index (χ3n) is 4.40. The molecule has 2 heterocycles. The lowest BCUT2D eigenvalue weighted by Crippen LogP contribution is -2.15. The van der Waals surface area contributed by atoms with Crippen molar-refractivity contribution in [1.82, 2.24) is 15.0 Å². The lowest BCUT2D eigenvalue weighted by atomic mass is 10.1. The summed E-state index contributed by atoms with van der Waals surface area (Å²) < 4.78 is 5.10. The Morgan fingerprint density at radius 3 is 2.74 bits per heavy atom. The van der Waals surface area contributed by atoms with Gasteiger partial charge in [-0.2, -0.15) is 4.98 Å². The van der Waals surface area contributed by atoms with E-state index in [9.17, 15) is 4.79 Å². The van der Waals surface area contributed by atoms with Gasteiger partial charge in [0.15, 0.2) is 0 Å². The van der Waals surface area contributed by atoms with Crippen molar-refractivity contribution in [2.75, 3.05) is 17.7 Å². The van der Waals surface area contributed by atoms with E-state index < -0.39 is 0 Å². The lowest BCUT2D eigenvalue weighted by molar-refractivity contribution is -0.115. The van der Waals surface area contributed by atoms with Crippen LogP contribution in [0.1, 0.15) is 5.56 Å². The molecule has 1 amide bonds. The van der Waals surface area contributed by atoms with E-state index in [2.05, 4.69) is 25.6 Å². The Labute approximate surface area is 188 Å². The van der Waals surface area contributed by atoms with Gasteiger partial charge in [0.05, 0.1) is 25.4 Å². The Morgan fingerprint density at radius 1 is 1.06 bits per heavy atom. The summed E-state index contributed by atoms with van der Waals surface area (Å²) in [6.45, 7) is 0. The molecule has 9 heteroatoms. The standard InChI is InChI=1S/C22H17Cl2N5O2/c1-31-21-10-19(24)28-22(29-21)26-16-7-13(6-15(23)9-16)8-20(30)27-18-12-25-11-14-4-2-3-5-17(14)18/h2-7,9-12H,8H2,1H3,(H,27,30)(H,26,28,29). The second-order valence-electron chi connectivity index (χ2n) is 6.66. The van der Waals surface area contributed by atoms with Crippen LogP contribution >= 0.6 is 23.2 Å². The first kappa shape index (κ1) is 20.8. The molecule has 7 nitrogen and oxygen atoms in total. The molecule has 0 aliphatic rings. The van der Waals surface area contributed by atoms with Crippen molar-refractivity contribution < 1.29 is 9.53 Å². The number of anilines is 3. The van der Waals surface area contributed by atoms with E-state index in [0.717, 1.165) is 16.3 Å². The van der Waals surface area contributed by atoms with Crippen LogP contribution in [0, 0.1) is 0 Å². The predicted molar refractivity (Wildman–Crippen MR) is 122 cm³/mol. The average Bonchev–Trinajstić information content (AvgIpc) is 2.73. The van der Waals surface area contributed by atoms with Crippen LogP contribution in [0.3, 0.4) is 0 Å². The van der Waals surface area contributed by atoms with E-state index in [0.29, 0.717) is 22.3 Å². The number of fused-ring (bicyclic) bond motifs is 1. The minimum Gasteiger partial charge on any atom is -0.481 e. The quantitative estimate of drug-likeness (QED) is 0.386. The Hall–Kier alpha value is -3.42. The maximum absolute atomic E-state index is 12.7. The highest BCUT2D eigenvalue weighted by atomic mass is 35.5. The molecular weight excluding hydrogens is 437 g/mol. The topological polar surface area (TPSA) is 89.0 Å². The maximum atomic E-state index is 12.7. The summed E-state index contributed by atoms with van der Waals surface area (Å²) in [4.78, 5) is 25.2. The number of amides is 1. The monoisotopic (exact) mass is 453 g/mol. The zero-order chi connectivity index (χ0) is 21.8. The summed E-state index contributed by atoms with van der Waals surface area (Å²) in [7, 11) is 1.49. The minimum atomic E-state index is -0.188. The molecule has 31 heavy (non-hydrogen) atoms. The molecule has 0 saturated heterocycles. The molecule has 0 atom stereocenters. The number of carbonyl (C=O) groups excluding carboxylic acids is 1. The van der Waals surface area contributed by atoms with Crippen molar-refractivity contribution in [2.45, 2.75) is 6.42 Å². The molecule has 4 rings (SSSR count). The lowest BCUT2D eigenvalue weighted by Gasteiger charge is -2.11. The number of nitrogens with zero attached hydrogens (tertiary/aromatic N) is 3. The summed E-state index contributed by atoms with van der Waals surface area (Å²) in [5.41, 5.74) is 1.99. The number of methoxy groups -OCH3 is 1. The first-order valence-corrected chi connectivity index (χ1v) is 10.0. The van der Waals surface area contributed by atoms with Gasteiger partial charge in [-0.05, 0) is 23.8 Å². The molecule has 0 aliphatic heterocycles. The van der Waals surface area contributed by atoms with Crippen molar-refractivity contribution in [2.24, 2.45) is 0 Å². The molecule has 0 radical (unpaired) electrons. The van der Waals surface area contributed by atoms with E-state index >= 15 is 0 Å². The zero-order valence-electron chi connectivity index (χ0n) is 16.4. The van der Waals surface area contributed by atoms with Crippen LogP contribution in [0.4, 0.5) is 17.3 Å². The summed E-state index contributed by atoms with van der Waals surface area (Å²) in [6.07, 6.45) is 3.51. The Kier molecular flexibility index (Phi) is 6.16. The largest absolute Gasteiger partial charge is 0.481 e. The van der Waals surface area contributed by atoms with E-state index in [1.165, 1.54) is 13.2 Å². The molecular formula is C22H17Cl2N5O2. The van der Waals surface area contributed by atoms with Crippen molar-refractivity contribution in [3.05, 3.63) is 76.7 Å². The van der Waals surface area contributed by atoms with E-state index in [1.807, 2.05) is 24.3 Å². The van der Waals surface area contributed by atoms with E-state index in [-0.39, 0.29) is 23.4 Å². The van der Waals surface area contributed by atoms with Gasteiger partial charge in [0.25, 0.3) is 0 Å². The van der Waals surface area contributed by atoms with Gasteiger partial charge in [-0.15, -0.1) is 0 Å². The van der Waals surface area contributed by atoms with Gasteiger partial charge >= 0.3 is 0 Å². The molecule has 0 fully saturated rings. The summed E-state index contributed by atoms with van der Waals surface area (Å²) in [5.74, 6) is 0.392. The molecule has 2 aromatic heterocycles. The van der Waals surface area contributed by atoms with Crippen LogP contribution < -0.4 is 15.4 Å². The first-order chi connectivity index (χ1) is 15.0. The fraction of sp³-hybridized carbons (Fsp3) is 0.0909. The molecule has 4 aromatic rings. The smallest absolute Gasteiger partial charge is 0.231 e. The molecule has 156 valence electrons. The fourth-order valence-corrected chi connectivity index (χ4v) is 3.54. The predicted octanol–water partition coefficient (Wildman–Crippen LogP) is 5.27. The van der Waals surface area contributed by atoms with E-state index in [4.69, 9.17) is 27.9 Å². The van der Waals surface area contributed by atoms with Crippen molar-refractivity contribution in [1.29, 1.82) is 0 Å². The minimum absolute atomic E-state index is 0.123. The third kappa shape index (κ3) is 5.20. The SMILES string of the molecule is COc1cc(Cl)nc(Nc2cc(Cl)cc(CC(=O)Nc3cncc4ccccc34)c2)n1. The van der Waals surface area contributed by atoms with Gasteiger partial charge in [-0.1, -0.05) is 47.5 Å². The van der Waals surface area contributed by atoms with Gasteiger partial charge in [-0.25, -0.2) is 4.98 Å². The fourth-order valence-electron chi connectivity index (χ4n) is 3.11. The molecule has 0 unspecified atom stereocenters. The second kappa shape index (κ2) is 9.16. The van der Waals surface area contributed by atoms with Crippen LogP contribution in [-0.2, 0) is 11.2 Å². The molecule has 0 spiro atoms. The Balaban J connectivity index is 1.52. The molecule has 0 bridgehead atoms. The number of ether oxygens (including phenoxy) is 1. The third-order valence-corrected chi connectivity index (χ3v) is 4.81. The highest BCUT2D eigenvalue weighted by Gasteiger charge is 2.10. The number of aromatic nitrogens is 3. The molecule has 2 N–H and O–H groups in total. The number of rotatable bonds is 6. The van der Waals surface area contributed by atoms with Gasteiger partial charge in [0.2, 0.25) is 17.7 Å². The van der Waals surface area contributed by atoms with Crippen molar-refractivity contribution in [3.63, 3.8) is 0 Å². The van der Waals surface area contributed by atoms with Gasteiger partial charge in [0.1, 0.15) is 5.15 Å². The van der Waals surface area contributed by atoms with Crippen LogP contribution in [-0.4, -0.2) is 28.0 Å². The second-order valence-corrected chi connectivity index (χ2v) is 7.49. The van der Waals surface area contributed by atoms with Crippen molar-refractivity contribution in [3.8, 4) is 5.88 Å². The van der Waals surface area contributed by atoms with Crippen molar-refractivity contribution >= 4 is 57.2 Å². The molecule has 2 aromatic carbocycles. The van der Waals surface area contributed by atoms with E-state index in [1.54, 1.807) is 30.6 Å². The number of halogens is 2. The zero-order valence-corrected chi connectivity index (χ0v) is 17.9. The van der Waals surface area contributed by atoms with Crippen LogP contribution in [0.15, 0.2) is 60.9 Å². The van der Waals surface area contributed by atoms with Gasteiger partial charge < -0.3 is 15.4 Å².